The number of likely N-dealkylation sites (tertiary alicyclic amines) is 1. The Bertz CT molecular complexity index is 770. The molecule has 2 N–H and O–H groups in total. The van der Waals surface area contributed by atoms with Crippen LogP contribution < -0.4 is 10.6 Å². The fraction of sp³-hybridized carbons (Fsp3) is 0.545. The number of urea groups is 1. The number of piperidine rings is 1. The molecule has 1 aromatic carbocycles. The molecule has 1 fully saturated rings. The highest BCUT2D eigenvalue weighted by atomic mass is 16.5. The number of carbonyl (C=O) groups excluding carboxylic acids is 4. The molecule has 0 bridgehead atoms. The largest absolute Gasteiger partial charge is 0.455 e. The summed E-state index contributed by atoms with van der Waals surface area (Å²) in [5, 5.41) is 4.72. The topological polar surface area (TPSA) is 105 Å². The molecule has 1 saturated heterocycles. The first kappa shape index (κ1) is 23.4. The summed E-state index contributed by atoms with van der Waals surface area (Å²) in [5.41, 5.74) is 1.59. The summed E-state index contributed by atoms with van der Waals surface area (Å²) in [7, 11) is 0. The number of carbonyl (C=O) groups is 4. The van der Waals surface area contributed by atoms with Gasteiger partial charge in [0.1, 0.15) is 0 Å². The summed E-state index contributed by atoms with van der Waals surface area (Å²) < 4.78 is 5.05. The second kappa shape index (κ2) is 11.3. The highest BCUT2D eigenvalue weighted by Crippen LogP contribution is 2.21. The summed E-state index contributed by atoms with van der Waals surface area (Å²) in [5.74, 6) is -1.10. The number of amides is 4. The van der Waals surface area contributed by atoms with Gasteiger partial charge in [0.2, 0.25) is 0 Å². The smallest absolute Gasteiger partial charge is 0.321 e. The first-order chi connectivity index (χ1) is 14.3. The quantitative estimate of drug-likeness (QED) is 0.662. The standard InChI is InChI=1S/C22H31N3O5/c1-15(2)8-11-23-22(29)24-19(26)14-30-21(28)17-9-12-25(13-10-17)20(27)18-7-5-4-6-16(18)3/h4-7,15,17H,8-14H2,1-3H3,(H2,23,24,26,29). The highest BCUT2D eigenvalue weighted by molar-refractivity contribution is 5.96. The molecule has 0 spiro atoms. The van der Waals surface area contributed by atoms with E-state index in [-0.39, 0.29) is 11.8 Å². The van der Waals surface area contributed by atoms with Gasteiger partial charge < -0.3 is 15.0 Å². The Labute approximate surface area is 177 Å². The van der Waals surface area contributed by atoms with E-state index in [2.05, 4.69) is 10.6 Å². The van der Waals surface area contributed by atoms with E-state index >= 15 is 0 Å². The molecular formula is C22H31N3O5. The Hall–Kier alpha value is -2.90. The molecule has 0 saturated carbocycles. The minimum atomic E-state index is -0.669. The normalized spacial score (nSPS) is 14.3. The number of nitrogens with zero attached hydrogens (tertiary/aromatic N) is 1. The molecule has 0 atom stereocenters. The van der Waals surface area contributed by atoms with E-state index in [9.17, 15) is 19.2 Å². The Morgan fingerprint density at radius 1 is 1.13 bits per heavy atom. The van der Waals surface area contributed by atoms with Crippen molar-refractivity contribution < 1.29 is 23.9 Å². The van der Waals surface area contributed by atoms with Crippen LogP contribution in [-0.4, -0.2) is 55.0 Å². The maximum Gasteiger partial charge on any atom is 0.321 e. The van der Waals surface area contributed by atoms with Gasteiger partial charge >= 0.3 is 12.0 Å². The van der Waals surface area contributed by atoms with Crippen LogP contribution in [-0.2, 0) is 14.3 Å². The van der Waals surface area contributed by atoms with Crippen LogP contribution in [0.4, 0.5) is 4.79 Å². The summed E-state index contributed by atoms with van der Waals surface area (Å²) in [6.07, 6.45) is 1.77. The van der Waals surface area contributed by atoms with E-state index in [1.54, 1.807) is 11.0 Å². The van der Waals surface area contributed by atoms with Gasteiger partial charge in [0, 0.05) is 25.2 Å². The fourth-order valence-corrected chi connectivity index (χ4v) is 3.24. The Kier molecular flexibility index (Phi) is 8.83. The van der Waals surface area contributed by atoms with Crippen LogP contribution in [0.3, 0.4) is 0 Å². The molecule has 8 heteroatoms. The average molecular weight is 418 g/mol. The molecular weight excluding hydrogens is 386 g/mol. The molecule has 1 heterocycles. The third-order valence-electron chi connectivity index (χ3n) is 5.10. The van der Waals surface area contributed by atoms with Gasteiger partial charge in [-0.3, -0.25) is 19.7 Å². The maximum absolute atomic E-state index is 12.6. The van der Waals surface area contributed by atoms with Gasteiger partial charge in [-0.2, -0.15) is 0 Å². The first-order valence-corrected chi connectivity index (χ1v) is 10.4. The summed E-state index contributed by atoms with van der Waals surface area (Å²) in [6, 6.07) is 6.82. The lowest BCUT2D eigenvalue weighted by Gasteiger charge is -2.31. The molecule has 1 aliphatic heterocycles. The molecule has 0 unspecified atom stereocenters. The molecule has 4 amide bonds. The van der Waals surface area contributed by atoms with Crippen LogP contribution in [0.1, 0.15) is 49.0 Å². The lowest BCUT2D eigenvalue weighted by molar-refractivity contribution is -0.153. The zero-order chi connectivity index (χ0) is 22.1. The van der Waals surface area contributed by atoms with Crippen molar-refractivity contribution in [3.63, 3.8) is 0 Å². The first-order valence-electron chi connectivity index (χ1n) is 10.4. The number of benzene rings is 1. The van der Waals surface area contributed by atoms with Crippen LogP contribution in [0.15, 0.2) is 24.3 Å². The second-order valence-corrected chi connectivity index (χ2v) is 7.98. The van der Waals surface area contributed by atoms with Crippen LogP contribution in [0.5, 0.6) is 0 Å². The molecule has 8 nitrogen and oxygen atoms in total. The van der Waals surface area contributed by atoms with E-state index < -0.39 is 24.5 Å². The predicted octanol–water partition coefficient (Wildman–Crippen LogP) is 2.26. The third-order valence-corrected chi connectivity index (χ3v) is 5.10. The van der Waals surface area contributed by atoms with Gasteiger partial charge in [0.15, 0.2) is 6.61 Å². The molecule has 1 aliphatic rings. The molecule has 164 valence electrons. The number of ether oxygens (including phenoxy) is 1. The zero-order valence-electron chi connectivity index (χ0n) is 17.9. The van der Waals surface area contributed by atoms with Crippen molar-refractivity contribution >= 4 is 23.8 Å². The Morgan fingerprint density at radius 2 is 1.80 bits per heavy atom. The molecule has 30 heavy (non-hydrogen) atoms. The van der Waals surface area contributed by atoms with Crippen molar-refractivity contribution in [2.75, 3.05) is 26.2 Å². The van der Waals surface area contributed by atoms with E-state index in [0.29, 0.717) is 44.0 Å². The van der Waals surface area contributed by atoms with Gasteiger partial charge in [0.05, 0.1) is 5.92 Å². The van der Waals surface area contributed by atoms with Crippen LogP contribution in [0.2, 0.25) is 0 Å². The number of rotatable bonds is 7. The SMILES string of the molecule is Cc1ccccc1C(=O)N1CCC(C(=O)OCC(=O)NC(=O)NCCC(C)C)CC1. The van der Waals surface area contributed by atoms with Gasteiger partial charge in [0.25, 0.3) is 11.8 Å². The van der Waals surface area contributed by atoms with E-state index in [0.717, 1.165) is 12.0 Å². The molecule has 1 aromatic rings. The van der Waals surface area contributed by atoms with Crippen molar-refractivity contribution in [1.29, 1.82) is 0 Å². The molecule has 0 radical (unpaired) electrons. The van der Waals surface area contributed by atoms with Crippen LogP contribution in [0.25, 0.3) is 0 Å². The minimum Gasteiger partial charge on any atom is -0.455 e. The van der Waals surface area contributed by atoms with Gasteiger partial charge in [-0.15, -0.1) is 0 Å². The minimum absolute atomic E-state index is 0.0391. The van der Waals surface area contributed by atoms with Gasteiger partial charge in [-0.05, 0) is 43.7 Å². The summed E-state index contributed by atoms with van der Waals surface area (Å²) in [4.78, 5) is 50.0. The predicted molar refractivity (Wildman–Crippen MR) is 112 cm³/mol. The Balaban J connectivity index is 1.70. The average Bonchev–Trinajstić information content (AvgIpc) is 2.71. The number of nitrogens with one attached hydrogen (secondary N) is 2. The maximum atomic E-state index is 12.6. The number of esters is 1. The summed E-state index contributed by atoms with van der Waals surface area (Å²) >= 11 is 0. The molecule has 0 aliphatic carbocycles. The van der Waals surface area contributed by atoms with E-state index in [1.807, 2.05) is 39.0 Å². The molecule has 0 aromatic heterocycles. The van der Waals surface area contributed by atoms with E-state index in [4.69, 9.17) is 4.74 Å². The van der Waals surface area contributed by atoms with Crippen molar-refractivity contribution in [2.24, 2.45) is 11.8 Å². The number of hydrogen-bond donors (Lipinski definition) is 2. The van der Waals surface area contributed by atoms with Crippen molar-refractivity contribution in [3.8, 4) is 0 Å². The van der Waals surface area contributed by atoms with Gasteiger partial charge in [-0.25, -0.2) is 4.79 Å². The number of aryl methyl sites for hydroxylation is 1. The van der Waals surface area contributed by atoms with Crippen molar-refractivity contribution in [3.05, 3.63) is 35.4 Å². The Morgan fingerprint density at radius 3 is 2.43 bits per heavy atom. The number of imide groups is 1. The number of hydrogen-bond acceptors (Lipinski definition) is 5. The second-order valence-electron chi connectivity index (χ2n) is 7.98. The highest BCUT2D eigenvalue weighted by Gasteiger charge is 2.29. The monoisotopic (exact) mass is 417 g/mol. The van der Waals surface area contributed by atoms with Gasteiger partial charge in [-0.1, -0.05) is 32.0 Å². The summed E-state index contributed by atoms with van der Waals surface area (Å²) in [6.45, 7) is 6.84. The fourth-order valence-electron chi connectivity index (χ4n) is 3.24. The lowest BCUT2D eigenvalue weighted by atomic mass is 9.96. The molecule has 2 rings (SSSR count). The van der Waals surface area contributed by atoms with Crippen LogP contribution in [0, 0.1) is 18.8 Å². The van der Waals surface area contributed by atoms with Crippen LogP contribution >= 0.6 is 0 Å². The van der Waals surface area contributed by atoms with Crippen molar-refractivity contribution in [1.82, 2.24) is 15.5 Å². The third kappa shape index (κ3) is 7.17. The zero-order valence-corrected chi connectivity index (χ0v) is 17.9. The lowest BCUT2D eigenvalue weighted by Crippen LogP contribution is -2.43. The van der Waals surface area contributed by atoms with E-state index in [1.165, 1.54) is 0 Å². The van der Waals surface area contributed by atoms with Crippen molar-refractivity contribution in [2.45, 2.75) is 40.0 Å².